The van der Waals surface area contributed by atoms with E-state index in [-0.39, 0.29) is 41.5 Å². The van der Waals surface area contributed by atoms with Gasteiger partial charge in [0.2, 0.25) is 5.88 Å². The molecule has 4 atom stereocenters. The molecule has 14 heteroatoms. The fourth-order valence-electron chi connectivity index (χ4n) is 7.57. The SMILES string of the molecule is C[C@@H]1N(c2cc(C#C[C@@]3(C)CCCN3C)cnc2O[C@H]2C[C@@H](C(=O)O)N(c3nc(C(F)F)nc4c3oc3ccccc34)C2)CCOC12COC2. The number of pyridine rings is 1. The second-order valence-electron chi connectivity index (χ2n) is 13.8. The molecule has 7 heterocycles. The molecule has 4 fully saturated rings. The zero-order valence-corrected chi connectivity index (χ0v) is 28.1. The lowest BCUT2D eigenvalue weighted by molar-refractivity contribution is -0.228. The number of hydrogen-bond donors (Lipinski definition) is 1. The summed E-state index contributed by atoms with van der Waals surface area (Å²) in [7, 11) is 2.09. The van der Waals surface area contributed by atoms with Crippen LogP contribution in [0.5, 0.6) is 5.88 Å². The van der Waals surface area contributed by atoms with Crippen molar-refractivity contribution in [2.24, 2.45) is 0 Å². The zero-order valence-electron chi connectivity index (χ0n) is 28.1. The zero-order chi connectivity index (χ0) is 34.8. The van der Waals surface area contributed by atoms with E-state index in [1.54, 1.807) is 30.5 Å². The van der Waals surface area contributed by atoms with Crippen LogP contribution in [0.25, 0.3) is 22.1 Å². The number of anilines is 2. The van der Waals surface area contributed by atoms with Crippen LogP contribution < -0.4 is 14.5 Å². The quantitative estimate of drug-likeness (QED) is 0.284. The van der Waals surface area contributed by atoms with Gasteiger partial charge in [-0.2, -0.15) is 0 Å². The van der Waals surface area contributed by atoms with Crippen LogP contribution in [0, 0.1) is 11.8 Å². The Balaban J connectivity index is 1.15. The molecule has 50 heavy (non-hydrogen) atoms. The van der Waals surface area contributed by atoms with Gasteiger partial charge in [-0.15, -0.1) is 0 Å². The average Bonchev–Trinajstić information content (AvgIpc) is 3.78. The summed E-state index contributed by atoms with van der Waals surface area (Å²) in [5, 5.41) is 10.9. The number of rotatable bonds is 6. The third-order valence-electron chi connectivity index (χ3n) is 10.8. The lowest BCUT2D eigenvalue weighted by Crippen LogP contribution is -2.68. The van der Waals surface area contributed by atoms with Crippen molar-refractivity contribution in [1.29, 1.82) is 0 Å². The number of aliphatic carboxylic acids is 1. The van der Waals surface area contributed by atoms with E-state index in [1.165, 1.54) is 4.90 Å². The maximum absolute atomic E-state index is 14.1. The van der Waals surface area contributed by atoms with Crippen LogP contribution in [0.4, 0.5) is 20.3 Å². The Bertz CT molecular complexity index is 2030. The van der Waals surface area contributed by atoms with Crippen molar-refractivity contribution in [3.63, 3.8) is 0 Å². The monoisotopic (exact) mass is 688 g/mol. The van der Waals surface area contributed by atoms with Crippen LogP contribution in [0.15, 0.2) is 40.9 Å². The van der Waals surface area contributed by atoms with Gasteiger partial charge in [-0.3, -0.25) is 4.90 Å². The Morgan fingerprint density at radius 3 is 2.72 bits per heavy atom. The Labute approximate surface area is 287 Å². The fourth-order valence-corrected chi connectivity index (χ4v) is 7.57. The minimum absolute atomic E-state index is 0.0158. The van der Waals surface area contributed by atoms with E-state index in [0.29, 0.717) is 43.2 Å². The molecule has 1 spiro atoms. The van der Waals surface area contributed by atoms with Gasteiger partial charge in [-0.05, 0) is 58.5 Å². The first-order chi connectivity index (χ1) is 24.0. The molecule has 0 saturated carbocycles. The number of carboxylic acids is 1. The second-order valence-corrected chi connectivity index (χ2v) is 13.8. The molecule has 3 aromatic heterocycles. The fraction of sp³-hybridized carbons (Fsp3) is 0.500. The number of ether oxygens (including phenoxy) is 3. The number of fused-ring (bicyclic) bond motifs is 3. The minimum atomic E-state index is -2.98. The standard InChI is InChI=1S/C36H38F2N6O6/c1-21-36(19-47-20-36)48-14-13-43(21)25-15-22(9-11-35(2)10-6-12-42(35)3)17-39-33(25)49-23-16-26(34(45)46)44(18-23)32-29-28(40-31(41-32)30(37)38)24-7-4-5-8-27(24)50-29/h4-5,7-8,15,17,21,23,26,30H,6,10,12-14,16,18-20H2,1-3H3,(H,45,46)/t21-,23-,26-,35+/m0/s1. The summed E-state index contributed by atoms with van der Waals surface area (Å²) in [4.78, 5) is 31.6. The average molecular weight is 689 g/mol. The Hall–Kier alpha value is -4.58. The largest absolute Gasteiger partial charge is 0.480 e. The normalized spacial score (nSPS) is 26.5. The highest BCUT2D eigenvalue weighted by atomic mass is 19.3. The number of nitrogens with zero attached hydrogens (tertiary/aromatic N) is 6. The van der Waals surface area contributed by atoms with Crippen molar-refractivity contribution < 1.29 is 37.3 Å². The first kappa shape index (κ1) is 32.6. The van der Waals surface area contributed by atoms with Gasteiger partial charge in [0.25, 0.3) is 6.43 Å². The molecular weight excluding hydrogens is 650 g/mol. The number of para-hydroxylation sites is 1. The summed E-state index contributed by atoms with van der Waals surface area (Å²) in [6, 6.07) is 7.71. The van der Waals surface area contributed by atoms with Gasteiger partial charge in [-0.1, -0.05) is 24.0 Å². The molecule has 4 saturated heterocycles. The number of benzene rings is 1. The summed E-state index contributed by atoms with van der Waals surface area (Å²) in [5.41, 5.74) is 1.53. The number of morpholine rings is 1. The van der Waals surface area contributed by atoms with E-state index in [0.717, 1.165) is 30.6 Å². The van der Waals surface area contributed by atoms with Crippen LogP contribution in [-0.4, -0.2) is 107 Å². The van der Waals surface area contributed by atoms with E-state index in [4.69, 9.17) is 23.6 Å². The Morgan fingerprint density at radius 2 is 2.00 bits per heavy atom. The Morgan fingerprint density at radius 1 is 1.18 bits per heavy atom. The van der Waals surface area contributed by atoms with Crippen molar-refractivity contribution >= 4 is 39.5 Å². The van der Waals surface area contributed by atoms with Crippen LogP contribution in [0.1, 0.15) is 50.9 Å². The van der Waals surface area contributed by atoms with Crippen molar-refractivity contribution in [3.8, 4) is 17.7 Å². The molecule has 262 valence electrons. The second kappa shape index (κ2) is 12.3. The van der Waals surface area contributed by atoms with Gasteiger partial charge < -0.3 is 33.5 Å². The molecule has 1 N–H and O–H groups in total. The summed E-state index contributed by atoms with van der Waals surface area (Å²) in [6.45, 7) is 7.28. The smallest absolute Gasteiger partial charge is 0.326 e. The molecular formula is C36H38F2N6O6. The number of carboxylic acid groups (broad SMARTS) is 1. The number of furan rings is 1. The maximum atomic E-state index is 14.1. The first-order valence-corrected chi connectivity index (χ1v) is 16.9. The van der Waals surface area contributed by atoms with E-state index >= 15 is 0 Å². The molecule has 4 aliphatic rings. The summed E-state index contributed by atoms with van der Waals surface area (Å²) in [6.07, 6.45) is 0.144. The summed E-state index contributed by atoms with van der Waals surface area (Å²) >= 11 is 0. The summed E-state index contributed by atoms with van der Waals surface area (Å²) in [5.74, 6) is 5.27. The lowest BCUT2D eigenvalue weighted by atomic mass is 9.90. The number of likely N-dealkylation sites (tertiary alicyclic amines) is 1. The lowest BCUT2D eigenvalue weighted by Gasteiger charge is -2.53. The third-order valence-corrected chi connectivity index (χ3v) is 10.8. The number of hydrogen-bond acceptors (Lipinski definition) is 11. The van der Waals surface area contributed by atoms with Crippen LogP contribution in [0.3, 0.4) is 0 Å². The third kappa shape index (κ3) is 5.48. The highest BCUT2D eigenvalue weighted by Gasteiger charge is 2.50. The molecule has 1 aromatic carbocycles. The number of carbonyl (C=O) groups is 1. The van der Waals surface area contributed by atoms with Gasteiger partial charge in [0.1, 0.15) is 34.5 Å². The maximum Gasteiger partial charge on any atom is 0.326 e. The number of halogens is 2. The van der Waals surface area contributed by atoms with Crippen molar-refractivity contribution in [2.75, 3.05) is 56.3 Å². The summed E-state index contributed by atoms with van der Waals surface area (Å²) < 4.78 is 52.5. The van der Waals surface area contributed by atoms with Gasteiger partial charge in [0.15, 0.2) is 17.2 Å². The first-order valence-electron chi connectivity index (χ1n) is 16.9. The molecule has 0 unspecified atom stereocenters. The predicted octanol–water partition coefficient (Wildman–Crippen LogP) is 4.65. The number of alkyl halides is 2. The molecule has 0 radical (unpaired) electrons. The number of aromatic nitrogens is 3. The Kier molecular flexibility index (Phi) is 8.04. The van der Waals surface area contributed by atoms with E-state index < -0.39 is 36.0 Å². The molecule has 8 rings (SSSR count). The van der Waals surface area contributed by atoms with Crippen molar-refractivity contribution in [3.05, 3.63) is 47.9 Å². The van der Waals surface area contributed by atoms with E-state index in [9.17, 15) is 18.7 Å². The van der Waals surface area contributed by atoms with Crippen molar-refractivity contribution in [2.45, 2.75) is 68.9 Å². The molecule has 0 amide bonds. The van der Waals surface area contributed by atoms with Gasteiger partial charge in [0, 0.05) is 30.1 Å². The van der Waals surface area contributed by atoms with Gasteiger partial charge in [0.05, 0.1) is 37.9 Å². The van der Waals surface area contributed by atoms with Gasteiger partial charge >= 0.3 is 5.97 Å². The highest BCUT2D eigenvalue weighted by Crippen LogP contribution is 2.41. The molecule has 12 nitrogen and oxygen atoms in total. The molecule has 0 aliphatic carbocycles. The predicted molar refractivity (Wildman–Crippen MR) is 180 cm³/mol. The van der Waals surface area contributed by atoms with E-state index in [2.05, 4.69) is 52.5 Å². The molecule has 4 aromatic rings. The molecule has 0 bridgehead atoms. The van der Waals surface area contributed by atoms with Crippen molar-refractivity contribution in [1.82, 2.24) is 19.9 Å². The topological polar surface area (TPSA) is 127 Å². The van der Waals surface area contributed by atoms with E-state index in [1.807, 2.05) is 6.07 Å². The molecule has 4 aliphatic heterocycles. The highest BCUT2D eigenvalue weighted by molar-refractivity contribution is 6.06. The van der Waals surface area contributed by atoms with Gasteiger partial charge in [-0.25, -0.2) is 28.5 Å². The van der Waals surface area contributed by atoms with Crippen LogP contribution in [0.2, 0.25) is 0 Å². The van der Waals surface area contributed by atoms with Crippen LogP contribution >= 0.6 is 0 Å². The van der Waals surface area contributed by atoms with Crippen LogP contribution in [-0.2, 0) is 14.3 Å². The minimum Gasteiger partial charge on any atom is -0.480 e.